The molecule has 0 saturated carbocycles. The zero-order valence-corrected chi connectivity index (χ0v) is 11.3. The Morgan fingerprint density at radius 2 is 1.65 bits per heavy atom. The quantitative estimate of drug-likeness (QED) is 0.441. The summed E-state index contributed by atoms with van der Waals surface area (Å²) in [7, 11) is 0. The Labute approximate surface area is 118 Å². The molecule has 1 rings (SSSR count). The highest BCUT2D eigenvalue weighted by molar-refractivity contribution is 6.35. The number of benzene rings is 1. The number of hydrogen-bond donors (Lipinski definition) is 3. The molecule has 110 valence electrons. The van der Waals surface area contributed by atoms with Crippen molar-refractivity contribution in [2.75, 3.05) is 32.9 Å². The van der Waals surface area contributed by atoms with E-state index in [9.17, 15) is 9.59 Å². The number of aliphatic hydroxyl groups is 1. The summed E-state index contributed by atoms with van der Waals surface area (Å²) in [6.07, 6.45) is 0.680. The van der Waals surface area contributed by atoms with Crippen LogP contribution in [0.2, 0.25) is 0 Å². The van der Waals surface area contributed by atoms with Crippen molar-refractivity contribution >= 4 is 11.8 Å². The molecule has 3 N–H and O–H groups in total. The van der Waals surface area contributed by atoms with Crippen LogP contribution in [0, 0.1) is 0 Å². The minimum atomic E-state index is -0.675. The Hall–Kier alpha value is -1.92. The lowest BCUT2D eigenvalue weighted by molar-refractivity contribution is -0.139. The van der Waals surface area contributed by atoms with E-state index in [1.807, 2.05) is 30.3 Å². The summed E-state index contributed by atoms with van der Waals surface area (Å²) >= 11 is 0. The van der Waals surface area contributed by atoms with Crippen LogP contribution in [0.4, 0.5) is 0 Å². The first kappa shape index (κ1) is 16.1. The van der Waals surface area contributed by atoms with Gasteiger partial charge in [-0.3, -0.25) is 9.59 Å². The molecule has 0 aliphatic rings. The summed E-state index contributed by atoms with van der Waals surface area (Å²) < 4.78 is 4.96. The highest BCUT2D eigenvalue weighted by Gasteiger charge is 2.11. The molecule has 0 aliphatic carbocycles. The van der Waals surface area contributed by atoms with Gasteiger partial charge in [-0.2, -0.15) is 0 Å². The van der Waals surface area contributed by atoms with Crippen molar-refractivity contribution in [3.8, 4) is 0 Å². The molecule has 0 saturated heterocycles. The lowest BCUT2D eigenvalue weighted by Crippen LogP contribution is -2.41. The molecule has 0 heterocycles. The normalized spacial score (nSPS) is 10.1. The molecule has 6 nitrogen and oxygen atoms in total. The molecule has 0 atom stereocenters. The number of carbonyl (C=O) groups is 2. The number of amides is 2. The van der Waals surface area contributed by atoms with Gasteiger partial charge in [0.05, 0.1) is 19.8 Å². The molecular formula is C14H20N2O4. The smallest absolute Gasteiger partial charge is 0.309 e. The molecule has 0 aliphatic heterocycles. The van der Waals surface area contributed by atoms with Gasteiger partial charge in [-0.1, -0.05) is 30.3 Å². The Balaban J connectivity index is 2.11. The average molecular weight is 280 g/mol. The second-order valence-corrected chi connectivity index (χ2v) is 4.08. The topological polar surface area (TPSA) is 87.7 Å². The van der Waals surface area contributed by atoms with Gasteiger partial charge in [0.1, 0.15) is 0 Å². The van der Waals surface area contributed by atoms with Gasteiger partial charge in [0.15, 0.2) is 0 Å². The van der Waals surface area contributed by atoms with Crippen LogP contribution in [0.25, 0.3) is 0 Å². The van der Waals surface area contributed by atoms with Crippen LogP contribution in [0.15, 0.2) is 30.3 Å². The Bertz CT molecular complexity index is 409. The lowest BCUT2D eigenvalue weighted by Gasteiger charge is -2.07. The first-order valence-electron chi connectivity index (χ1n) is 6.52. The summed E-state index contributed by atoms with van der Waals surface area (Å²) in [6, 6.07) is 9.70. The van der Waals surface area contributed by atoms with Crippen LogP contribution in [0.1, 0.15) is 5.56 Å². The molecule has 0 radical (unpaired) electrons. The maximum atomic E-state index is 11.4. The zero-order chi connectivity index (χ0) is 14.6. The molecule has 6 heteroatoms. The van der Waals surface area contributed by atoms with Crippen molar-refractivity contribution in [3.05, 3.63) is 35.9 Å². The summed E-state index contributed by atoms with van der Waals surface area (Å²) in [4.78, 5) is 22.8. The fourth-order valence-electron chi connectivity index (χ4n) is 1.53. The number of hydrogen-bond acceptors (Lipinski definition) is 4. The molecule has 0 aromatic heterocycles. The van der Waals surface area contributed by atoms with Gasteiger partial charge in [0.25, 0.3) is 0 Å². The van der Waals surface area contributed by atoms with Gasteiger partial charge in [0.2, 0.25) is 0 Å². The molecular weight excluding hydrogens is 260 g/mol. The number of rotatable bonds is 8. The van der Waals surface area contributed by atoms with Gasteiger partial charge in [-0.15, -0.1) is 0 Å². The van der Waals surface area contributed by atoms with E-state index in [-0.39, 0.29) is 26.4 Å². The molecule has 0 unspecified atom stereocenters. The molecule has 1 aromatic rings. The molecule has 2 amide bonds. The minimum absolute atomic E-state index is 0.0616. The van der Waals surface area contributed by atoms with Crippen LogP contribution in [0.3, 0.4) is 0 Å². The van der Waals surface area contributed by atoms with Gasteiger partial charge in [-0.25, -0.2) is 0 Å². The van der Waals surface area contributed by atoms with Gasteiger partial charge in [0, 0.05) is 13.1 Å². The van der Waals surface area contributed by atoms with E-state index in [1.165, 1.54) is 0 Å². The van der Waals surface area contributed by atoms with E-state index in [4.69, 9.17) is 9.84 Å². The van der Waals surface area contributed by atoms with E-state index in [0.717, 1.165) is 5.56 Å². The van der Waals surface area contributed by atoms with Crippen LogP contribution >= 0.6 is 0 Å². The third kappa shape index (κ3) is 6.86. The lowest BCUT2D eigenvalue weighted by atomic mass is 10.1. The number of nitrogens with one attached hydrogen (secondary N) is 2. The monoisotopic (exact) mass is 280 g/mol. The number of carbonyl (C=O) groups excluding carboxylic acids is 2. The van der Waals surface area contributed by atoms with Crippen LogP contribution < -0.4 is 10.6 Å². The summed E-state index contributed by atoms with van der Waals surface area (Å²) in [5.41, 5.74) is 1.10. The summed E-state index contributed by atoms with van der Waals surface area (Å²) in [5.74, 6) is -1.33. The second kappa shape index (κ2) is 9.94. The third-order valence-electron chi connectivity index (χ3n) is 2.52. The predicted molar refractivity (Wildman–Crippen MR) is 74.1 cm³/mol. The second-order valence-electron chi connectivity index (χ2n) is 4.08. The van der Waals surface area contributed by atoms with E-state index < -0.39 is 11.8 Å². The molecule has 20 heavy (non-hydrogen) atoms. The Morgan fingerprint density at radius 3 is 2.30 bits per heavy atom. The van der Waals surface area contributed by atoms with Crippen molar-refractivity contribution in [2.24, 2.45) is 0 Å². The third-order valence-corrected chi connectivity index (χ3v) is 2.52. The SMILES string of the molecule is O=C(NCCOCCO)C(=O)NCCc1ccccc1. The Kier molecular flexibility index (Phi) is 8.02. The highest BCUT2D eigenvalue weighted by Crippen LogP contribution is 1.97. The van der Waals surface area contributed by atoms with Crippen molar-refractivity contribution in [1.82, 2.24) is 10.6 Å². The van der Waals surface area contributed by atoms with Crippen LogP contribution in [0.5, 0.6) is 0 Å². The maximum Gasteiger partial charge on any atom is 0.309 e. The summed E-state index contributed by atoms with van der Waals surface area (Å²) in [6.45, 7) is 1.08. The summed E-state index contributed by atoms with van der Waals surface area (Å²) in [5, 5.41) is 13.5. The van der Waals surface area contributed by atoms with Crippen molar-refractivity contribution in [1.29, 1.82) is 0 Å². The fraction of sp³-hybridized carbons (Fsp3) is 0.429. The van der Waals surface area contributed by atoms with Crippen molar-refractivity contribution in [3.63, 3.8) is 0 Å². The average Bonchev–Trinajstić information content (AvgIpc) is 2.47. The van der Waals surface area contributed by atoms with E-state index >= 15 is 0 Å². The van der Waals surface area contributed by atoms with Gasteiger partial charge >= 0.3 is 11.8 Å². The molecule has 0 fully saturated rings. The van der Waals surface area contributed by atoms with E-state index in [2.05, 4.69) is 10.6 Å². The fourth-order valence-corrected chi connectivity index (χ4v) is 1.53. The van der Waals surface area contributed by atoms with Crippen molar-refractivity contribution < 1.29 is 19.4 Å². The highest BCUT2D eigenvalue weighted by atomic mass is 16.5. The number of aliphatic hydroxyl groups excluding tert-OH is 1. The molecule has 0 bridgehead atoms. The van der Waals surface area contributed by atoms with Crippen molar-refractivity contribution in [2.45, 2.75) is 6.42 Å². The Morgan fingerprint density at radius 1 is 1.00 bits per heavy atom. The zero-order valence-electron chi connectivity index (χ0n) is 11.3. The van der Waals surface area contributed by atoms with Crippen LogP contribution in [-0.4, -0.2) is 49.8 Å². The standard InChI is InChI=1S/C14H20N2O4/c17-9-11-20-10-8-16-14(19)13(18)15-7-6-12-4-2-1-3-5-12/h1-5,17H,6-11H2,(H,15,18)(H,16,19). The first-order valence-corrected chi connectivity index (χ1v) is 6.52. The van der Waals surface area contributed by atoms with Gasteiger partial charge < -0.3 is 20.5 Å². The molecule has 1 aromatic carbocycles. The minimum Gasteiger partial charge on any atom is -0.394 e. The molecule has 0 spiro atoms. The van der Waals surface area contributed by atoms with Gasteiger partial charge in [-0.05, 0) is 12.0 Å². The first-order chi connectivity index (χ1) is 9.74. The number of ether oxygens (including phenoxy) is 1. The maximum absolute atomic E-state index is 11.4. The van der Waals surface area contributed by atoms with E-state index in [0.29, 0.717) is 13.0 Å². The van der Waals surface area contributed by atoms with E-state index in [1.54, 1.807) is 0 Å². The largest absolute Gasteiger partial charge is 0.394 e. The predicted octanol–water partition coefficient (Wildman–Crippen LogP) is -0.530. The van der Waals surface area contributed by atoms with Crippen LogP contribution in [-0.2, 0) is 20.7 Å².